The lowest BCUT2D eigenvalue weighted by Crippen LogP contribution is -1.97. The molecule has 0 spiro atoms. The van der Waals surface area contributed by atoms with Crippen LogP contribution in [0.2, 0.25) is 0 Å². The van der Waals surface area contributed by atoms with Crippen molar-refractivity contribution >= 4 is 37.8 Å². The van der Waals surface area contributed by atoms with Crippen molar-refractivity contribution in [1.82, 2.24) is 14.4 Å². The van der Waals surface area contributed by atoms with Crippen LogP contribution in [0.25, 0.3) is 38.6 Å². The van der Waals surface area contributed by atoms with Crippen molar-refractivity contribution in [2.45, 2.75) is 18.4 Å². The number of thiazole rings is 1. The molecule has 8 nitrogen and oxygen atoms in total. The highest BCUT2D eigenvalue weighted by molar-refractivity contribution is 7.90. The molecule has 6 rings (SSSR count). The Kier molecular flexibility index (Phi) is 5.93. The highest BCUT2D eigenvalue weighted by Gasteiger charge is 2.16. The number of sulfone groups is 1. The molecule has 0 saturated heterocycles. The Labute approximate surface area is 223 Å². The largest absolute Gasteiger partial charge is 0.496 e. The molecule has 0 amide bonds. The van der Waals surface area contributed by atoms with Crippen LogP contribution in [-0.4, -0.2) is 36.2 Å². The van der Waals surface area contributed by atoms with Gasteiger partial charge in [0.05, 0.1) is 23.1 Å². The molecule has 6 aromatic rings. The van der Waals surface area contributed by atoms with E-state index >= 15 is 0 Å². The Balaban J connectivity index is 1.27. The minimum atomic E-state index is -3.24. The smallest absolute Gasteiger partial charge is 0.175 e. The molecule has 0 fully saturated rings. The lowest BCUT2D eigenvalue weighted by atomic mass is 10.2. The predicted octanol–water partition coefficient (Wildman–Crippen LogP) is 6.17. The molecular weight excluding hydrogens is 522 g/mol. The van der Waals surface area contributed by atoms with Crippen LogP contribution in [0.1, 0.15) is 11.3 Å². The number of benzene rings is 2. The van der Waals surface area contributed by atoms with Gasteiger partial charge >= 0.3 is 0 Å². The van der Waals surface area contributed by atoms with Crippen molar-refractivity contribution in [3.8, 4) is 33.5 Å². The second-order valence-electron chi connectivity index (χ2n) is 8.98. The van der Waals surface area contributed by atoms with Gasteiger partial charge in [-0.15, -0.1) is 11.3 Å². The van der Waals surface area contributed by atoms with E-state index in [9.17, 15) is 8.42 Å². The first-order valence-electron chi connectivity index (χ1n) is 11.7. The molecule has 192 valence electrons. The molecule has 0 atom stereocenters. The van der Waals surface area contributed by atoms with Crippen LogP contribution < -0.4 is 9.47 Å². The van der Waals surface area contributed by atoms with E-state index in [2.05, 4.69) is 4.98 Å². The summed E-state index contributed by atoms with van der Waals surface area (Å²) in [5, 5.41) is 3.52. The molecule has 10 heteroatoms. The van der Waals surface area contributed by atoms with Gasteiger partial charge in [-0.2, -0.15) is 0 Å². The normalized spacial score (nSPS) is 11.9. The third kappa shape index (κ3) is 4.64. The van der Waals surface area contributed by atoms with Crippen molar-refractivity contribution in [3.05, 3.63) is 83.6 Å². The quantitative estimate of drug-likeness (QED) is 0.237. The number of pyridine rings is 1. The van der Waals surface area contributed by atoms with Crippen molar-refractivity contribution in [2.75, 3.05) is 13.4 Å². The summed E-state index contributed by atoms with van der Waals surface area (Å²) in [4.78, 5) is 9.64. The van der Waals surface area contributed by atoms with Crippen LogP contribution in [0, 0.1) is 6.92 Å². The van der Waals surface area contributed by atoms with Gasteiger partial charge in [-0.3, -0.25) is 0 Å². The number of furan rings is 1. The third-order valence-electron chi connectivity index (χ3n) is 6.12. The standard InChI is InChI=1S/C28H23N3O5S2/c1-17-4-9-27-30-23(14-31(27)13-17)26-12-22-24(10-20(34-2)11-25(22)36-26)35-15-19-16-37-28(29-19)18-5-7-21(8-6-18)38(3,32)33/h4-14,16H,15H2,1-3H3. The first-order chi connectivity index (χ1) is 18.3. The average molecular weight is 546 g/mol. The van der Waals surface area contributed by atoms with E-state index in [0.29, 0.717) is 22.8 Å². The fraction of sp³-hybridized carbons (Fsp3) is 0.143. The number of imidazole rings is 1. The molecule has 0 aliphatic rings. The van der Waals surface area contributed by atoms with Crippen LogP contribution in [0.3, 0.4) is 0 Å². The molecule has 4 aromatic heterocycles. The van der Waals surface area contributed by atoms with E-state index < -0.39 is 9.84 Å². The summed E-state index contributed by atoms with van der Waals surface area (Å²) in [6.07, 6.45) is 5.16. The highest BCUT2D eigenvalue weighted by atomic mass is 32.2. The van der Waals surface area contributed by atoms with Gasteiger partial charge in [-0.05, 0) is 36.8 Å². The van der Waals surface area contributed by atoms with Gasteiger partial charge in [0, 0.05) is 41.7 Å². The zero-order valence-electron chi connectivity index (χ0n) is 20.8. The maximum absolute atomic E-state index is 11.7. The van der Waals surface area contributed by atoms with Crippen LogP contribution in [0.15, 0.2) is 81.7 Å². The van der Waals surface area contributed by atoms with Crippen molar-refractivity contribution in [3.63, 3.8) is 0 Å². The summed E-state index contributed by atoms with van der Waals surface area (Å²) in [6.45, 7) is 2.28. The van der Waals surface area contributed by atoms with Crippen molar-refractivity contribution < 1.29 is 22.3 Å². The fourth-order valence-corrected chi connectivity index (χ4v) is 5.61. The Morgan fingerprint density at radius 2 is 1.84 bits per heavy atom. The molecular formula is C28H23N3O5S2. The van der Waals surface area contributed by atoms with E-state index in [0.717, 1.165) is 38.6 Å². The predicted molar refractivity (Wildman–Crippen MR) is 147 cm³/mol. The summed E-state index contributed by atoms with van der Waals surface area (Å²) in [5.41, 5.74) is 4.94. The average Bonchev–Trinajstić information content (AvgIpc) is 3.64. The van der Waals surface area contributed by atoms with Crippen LogP contribution in [0.5, 0.6) is 11.5 Å². The second kappa shape index (κ2) is 9.30. The number of aromatic nitrogens is 3. The molecule has 38 heavy (non-hydrogen) atoms. The molecule has 2 aromatic carbocycles. The van der Waals surface area contributed by atoms with Gasteiger partial charge in [0.1, 0.15) is 40.0 Å². The minimum absolute atomic E-state index is 0.244. The molecule has 4 heterocycles. The molecule has 0 aliphatic heterocycles. The third-order valence-corrected chi connectivity index (χ3v) is 8.19. The van der Waals surface area contributed by atoms with Crippen LogP contribution in [0.4, 0.5) is 0 Å². The first-order valence-corrected chi connectivity index (χ1v) is 14.5. The number of ether oxygens (including phenoxy) is 2. The van der Waals surface area contributed by atoms with Gasteiger partial charge in [0.2, 0.25) is 0 Å². The van der Waals surface area contributed by atoms with E-state index in [-0.39, 0.29) is 11.5 Å². The molecule has 0 saturated carbocycles. The summed E-state index contributed by atoms with van der Waals surface area (Å²) in [6, 6.07) is 16.3. The Morgan fingerprint density at radius 3 is 2.61 bits per heavy atom. The zero-order valence-corrected chi connectivity index (χ0v) is 22.5. The van der Waals surface area contributed by atoms with E-state index in [1.807, 2.05) is 59.4 Å². The monoisotopic (exact) mass is 545 g/mol. The van der Waals surface area contributed by atoms with Gasteiger partial charge in [0.25, 0.3) is 0 Å². The number of aryl methyl sites for hydroxylation is 1. The summed E-state index contributed by atoms with van der Waals surface area (Å²) >= 11 is 1.47. The Hall–Kier alpha value is -4.15. The van der Waals surface area contributed by atoms with Gasteiger partial charge < -0.3 is 18.3 Å². The first kappa shape index (κ1) is 24.2. The van der Waals surface area contributed by atoms with Crippen molar-refractivity contribution in [2.24, 2.45) is 0 Å². The molecule has 0 bridgehead atoms. The molecule has 0 N–H and O–H groups in total. The highest BCUT2D eigenvalue weighted by Crippen LogP contribution is 2.37. The summed E-state index contributed by atoms with van der Waals surface area (Å²) < 4.78 is 43.2. The summed E-state index contributed by atoms with van der Waals surface area (Å²) in [7, 11) is -1.65. The second-order valence-corrected chi connectivity index (χ2v) is 11.8. The van der Waals surface area contributed by atoms with E-state index in [1.54, 1.807) is 31.4 Å². The van der Waals surface area contributed by atoms with Gasteiger partial charge in [-0.1, -0.05) is 18.2 Å². The number of rotatable bonds is 7. The van der Waals surface area contributed by atoms with E-state index in [1.165, 1.54) is 17.6 Å². The number of nitrogens with zero attached hydrogens (tertiary/aromatic N) is 3. The maximum Gasteiger partial charge on any atom is 0.175 e. The fourth-order valence-electron chi connectivity index (χ4n) is 4.17. The van der Waals surface area contributed by atoms with Gasteiger partial charge in [-0.25, -0.2) is 18.4 Å². The van der Waals surface area contributed by atoms with Crippen molar-refractivity contribution in [1.29, 1.82) is 0 Å². The number of hydrogen-bond acceptors (Lipinski definition) is 8. The molecule has 0 aliphatic carbocycles. The number of hydrogen-bond donors (Lipinski definition) is 0. The topological polar surface area (TPSA) is 95.9 Å². The number of methoxy groups -OCH3 is 1. The summed E-state index contributed by atoms with van der Waals surface area (Å²) in [5.74, 6) is 1.86. The zero-order chi connectivity index (χ0) is 26.4. The number of fused-ring (bicyclic) bond motifs is 2. The Bertz CT molecular complexity index is 1900. The van der Waals surface area contributed by atoms with Gasteiger partial charge in [0.15, 0.2) is 15.6 Å². The van der Waals surface area contributed by atoms with Crippen LogP contribution in [-0.2, 0) is 16.4 Å². The van der Waals surface area contributed by atoms with E-state index in [4.69, 9.17) is 18.9 Å². The maximum atomic E-state index is 11.7. The lowest BCUT2D eigenvalue weighted by Gasteiger charge is -2.08. The molecule has 0 radical (unpaired) electrons. The molecule has 0 unspecified atom stereocenters. The van der Waals surface area contributed by atoms with Crippen LogP contribution >= 0.6 is 11.3 Å². The Morgan fingerprint density at radius 1 is 1.03 bits per heavy atom. The SMILES string of the molecule is COc1cc(OCc2csc(-c3ccc(S(C)(=O)=O)cc3)n2)c2cc(-c3cn4cc(C)ccc4n3)oc2c1. The minimum Gasteiger partial charge on any atom is -0.496 e. The lowest BCUT2D eigenvalue weighted by molar-refractivity contribution is 0.303.